The van der Waals surface area contributed by atoms with Crippen molar-refractivity contribution < 1.29 is 13.2 Å². The lowest BCUT2D eigenvalue weighted by atomic mass is 10.1. The predicted molar refractivity (Wildman–Crippen MR) is 84.3 cm³/mol. The number of hydrogen-bond donors (Lipinski definition) is 0. The Morgan fingerprint density at radius 3 is 2.38 bits per heavy atom. The molecule has 7 heteroatoms. The minimum Gasteiger partial charge on any atom is -0.340 e. The van der Waals surface area contributed by atoms with Crippen LogP contribution in [0.4, 0.5) is 0 Å². The van der Waals surface area contributed by atoms with Crippen LogP contribution in [-0.2, 0) is 9.05 Å². The number of halogens is 1. The number of aromatic nitrogens is 1. The van der Waals surface area contributed by atoms with Gasteiger partial charge < -0.3 is 9.47 Å². The molecule has 1 rings (SSSR count). The largest absolute Gasteiger partial charge is 0.340 e. The molecule has 0 bridgehead atoms. The SMILES string of the molecule is CCC(C)CN(C)C(=O)c1cc(S(=O)(=O)Cl)cn1C(C)C. The van der Waals surface area contributed by atoms with E-state index in [1.807, 2.05) is 13.8 Å². The Hall–Kier alpha value is -1.01. The quantitative estimate of drug-likeness (QED) is 0.751. The summed E-state index contributed by atoms with van der Waals surface area (Å²) in [6.07, 6.45) is 2.39. The molecule has 120 valence electrons. The molecule has 5 nitrogen and oxygen atoms in total. The minimum absolute atomic E-state index is 0.0342. The predicted octanol–water partition coefficient (Wildman–Crippen LogP) is 3.11. The fraction of sp³-hybridized carbons (Fsp3) is 0.643. The highest BCUT2D eigenvalue weighted by atomic mass is 35.7. The summed E-state index contributed by atoms with van der Waals surface area (Å²) in [6, 6.07) is 1.31. The van der Waals surface area contributed by atoms with Gasteiger partial charge in [-0.3, -0.25) is 4.79 Å². The first-order valence-electron chi connectivity index (χ1n) is 6.99. The van der Waals surface area contributed by atoms with Crippen LogP contribution in [0.3, 0.4) is 0 Å². The summed E-state index contributed by atoms with van der Waals surface area (Å²) in [6.45, 7) is 8.53. The molecule has 1 atom stereocenters. The molecule has 1 amide bonds. The Bertz CT molecular complexity index is 608. The van der Waals surface area contributed by atoms with Gasteiger partial charge in [-0.05, 0) is 25.8 Å². The van der Waals surface area contributed by atoms with E-state index >= 15 is 0 Å². The molecule has 0 saturated carbocycles. The molecule has 0 aliphatic heterocycles. The molecular weight excluding hydrogens is 312 g/mol. The number of rotatable bonds is 6. The summed E-state index contributed by atoms with van der Waals surface area (Å²) >= 11 is 0. The average Bonchev–Trinajstić information content (AvgIpc) is 2.82. The van der Waals surface area contributed by atoms with Crippen molar-refractivity contribution in [2.75, 3.05) is 13.6 Å². The van der Waals surface area contributed by atoms with Crippen LogP contribution in [0.5, 0.6) is 0 Å². The summed E-state index contributed by atoms with van der Waals surface area (Å²) < 4.78 is 24.6. The van der Waals surface area contributed by atoms with Gasteiger partial charge >= 0.3 is 0 Å². The molecule has 1 aromatic rings. The molecule has 0 radical (unpaired) electrons. The third-order valence-electron chi connectivity index (χ3n) is 3.51. The monoisotopic (exact) mass is 334 g/mol. The molecule has 0 aliphatic rings. The first-order chi connectivity index (χ1) is 9.57. The van der Waals surface area contributed by atoms with Gasteiger partial charge in [0, 0.05) is 36.5 Å². The number of hydrogen-bond acceptors (Lipinski definition) is 3. The Balaban J connectivity index is 3.16. The zero-order chi connectivity index (χ0) is 16.4. The number of amides is 1. The lowest BCUT2D eigenvalue weighted by Crippen LogP contribution is -2.32. The summed E-state index contributed by atoms with van der Waals surface area (Å²) in [4.78, 5) is 14.1. The van der Waals surface area contributed by atoms with Crippen molar-refractivity contribution >= 4 is 25.6 Å². The molecule has 0 fully saturated rings. The molecule has 21 heavy (non-hydrogen) atoms. The maximum atomic E-state index is 12.5. The van der Waals surface area contributed by atoms with Crippen molar-refractivity contribution in [3.63, 3.8) is 0 Å². The highest BCUT2D eigenvalue weighted by molar-refractivity contribution is 8.13. The van der Waals surface area contributed by atoms with E-state index in [2.05, 4.69) is 13.8 Å². The average molecular weight is 335 g/mol. The van der Waals surface area contributed by atoms with Gasteiger partial charge in [0.1, 0.15) is 10.6 Å². The van der Waals surface area contributed by atoms with Gasteiger partial charge in [0.2, 0.25) is 0 Å². The Labute approximate surface area is 131 Å². The Morgan fingerprint density at radius 1 is 1.38 bits per heavy atom. The highest BCUT2D eigenvalue weighted by Gasteiger charge is 2.23. The fourth-order valence-electron chi connectivity index (χ4n) is 2.06. The van der Waals surface area contributed by atoms with E-state index in [9.17, 15) is 13.2 Å². The van der Waals surface area contributed by atoms with Crippen LogP contribution in [0, 0.1) is 5.92 Å². The fourth-order valence-corrected chi connectivity index (χ4v) is 2.81. The zero-order valence-electron chi connectivity index (χ0n) is 13.1. The van der Waals surface area contributed by atoms with Crippen molar-refractivity contribution in [2.24, 2.45) is 5.92 Å². The molecular formula is C14H23ClN2O3S. The third kappa shape index (κ3) is 4.48. The van der Waals surface area contributed by atoms with E-state index in [1.165, 1.54) is 12.3 Å². The molecule has 0 saturated heterocycles. The van der Waals surface area contributed by atoms with Crippen molar-refractivity contribution in [3.8, 4) is 0 Å². The lowest BCUT2D eigenvalue weighted by Gasteiger charge is -2.22. The van der Waals surface area contributed by atoms with E-state index in [1.54, 1.807) is 16.5 Å². The third-order valence-corrected chi connectivity index (χ3v) is 4.83. The lowest BCUT2D eigenvalue weighted by molar-refractivity contribution is 0.0762. The molecule has 1 unspecified atom stereocenters. The van der Waals surface area contributed by atoms with Crippen LogP contribution in [0.25, 0.3) is 0 Å². The second-order valence-corrected chi connectivity index (χ2v) is 8.26. The van der Waals surface area contributed by atoms with Gasteiger partial charge in [0.25, 0.3) is 15.0 Å². The Morgan fingerprint density at radius 2 is 1.95 bits per heavy atom. The topological polar surface area (TPSA) is 59.4 Å². The molecule has 0 N–H and O–H groups in total. The minimum atomic E-state index is -3.84. The Kier molecular flexibility index (Phi) is 5.87. The molecule has 0 aliphatic carbocycles. The maximum absolute atomic E-state index is 12.5. The van der Waals surface area contributed by atoms with Crippen LogP contribution in [-0.4, -0.2) is 37.4 Å². The van der Waals surface area contributed by atoms with Gasteiger partial charge in [0.05, 0.1) is 0 Å². The van der Waals surface area contributed by atoms with Crippen molar-refractivity contribution in [1.82, 2.24) is 9.47 Å². The number of carbonyl (C=O) groups excluding carboxylic acids is 1. The van der Waals surface area contributed by atoms with Gasteiger partial charge in [-0.2, -0.15) is 0 Å². The van der Waals surface area contributed by atoms with Crippen molar-refractivity contribution in [1.29, 1.82) is 0 Å². The summed E-state index contributed by atoms with van der Waals surface area (Å²) in [5, 5.41) is 0. The molecule has 1 heterocycles. The van der Waals surface area contributed by atoms with E-state index in [0.717, 1.165) is 6.42 Å². The molecule has 0 aromatic carbocycles. The van der Waals surface area contributed by atoms with Gasteiger partial charge in [0.15, 0.2) is 0 Å². The van der Waals surface area contributed by atoms with Crippen molar-refractivity contribution in [3.05, 3.63) is 18.0 Å². The van der Waals surface area contributed by atoms with Crippen LogP contribution in [0.2, 0.25) is 0 Å². The standard InChI is InChI=1S/C14H23ClN2O3S/c1-6-11(4)8-16(5)14(18)13-7-12(21(15,19)20)9-17(13)10(2)3/h7,9-11H,6,8H2,1-5H3. The summed E-state index contributed by atoms with van der Waals surface area (Å²) in [5.74, 6) is 0.188. The highest BCUT2D eigenvalue weighted by Crippen LogP contribution is 2.23. The van der Waals surface area contributed by atoms with Crippen molar-refractivity contribution in [2.45, 2.75) is 45.1 Å². The summed E-state index contributed by atoms with van der Waals surface area (Å²) in [5.41, 5.74) is 0.343. The maximum Gasteiger partial charge on any atom is 0.270 e. The van der Waals surface area contributed by atoms with E-state index in [4.69, 9.17) is 10.7 Å². The van der Waals surface area contributed by atoms with E-state index < -0.39 is 9.05 Å². The number of carbonyl (C=O) groups is 1. The van der Waals surface area contributed by atoms with Gasteiger partial charge in [-0.25, -0.2) is 8.42 Å². The van der Waals surface area contributed by atoms with E-state index in [0.29, 0.717) is 18.2 Å². The second kappa shape index (κ2) is 6.83. The molecule has 0 spiro atoms. The zero-order valence-corrected chi connectivity index (χ0v) is 14.7. The number of nitrogens with zero attached hydrogens (tertiary/aromatic N) is 2. The van der Waals surface area contributed by atoms with Gasteiger partial charge in [-0.1, -0.05) is 20.3 Å². The van der Waals surface area contributed by atoms with Crippen LogP contribution < -0.4 is 0 Å². The van der Waals surface area contributed by atoms with Crippen LogP contribution >= 0.6 is 10.7 Å². The first kappa shape index (κ1) is 18.0. The van der Waals surface area contributed by atoms with Crippen LogP contribution in [0.1, 0.15) is 50.6 Å². The first-order valence-corrected chi connectivity index (χ1v) is 9.30. The smallest absolute Gasteiger partial charge is 0.270 e. The normalized spacial score (nSPS) is 13.5. The summed E-state index contributed by atoms with van der Waals surface area (Å²) in [7, 11) is 3.25. The second-order valence-electron chi connectivity index (χ2n) is 5.70. The van der Waals surface area contributed by atoms with Gasteiger partial charge in [-0.15, -0.1) is 0 Å². The molecule has 1 aromatic heterocycles. The van der Waals surface area contributed by atoms with E-state index in [-0.39, 0.29) is 16.8 Å². The van der Waals surface area contributed by atoms with Crippen LogP contribution in [0.15, 0.2) is 17.2 Å².